The molecule has 4 rings (SSSR count). The van der Waals surface area contributed by atoms with Crippen molar-refractivity contribution in [2.24, 2.45) is 11.7 Å². The molecule has 2 fully saturated rings. The predicted octanol–water partition coefficient (Wildman–Crippen LogP) is 2.55. The Morgan fingerprint density at radius 2 is 2.00 bits per heavy atom. The van der Waals surface area contributed by atoms with Crippen molar-refractivity contribution in [2.45, 2.75) is 30.9 Å². The molecule has 1 aromatic heterocycles. The van der Waals surface area contributed by atoms with E-state index in [0.717, 1.165) is 37.1 Å². The number of amides is 1. The van der Waals surface area contributed by atoms with E-state index in [2.05, 4.69) is 15.6 Å². The summed E-state index contributed by atoms with van der Waals surface area (Å²) in [5, 5.41) is 6.31. The summed E-state index contributed by atoms with van der Waals surface area (Å²) in [5.41, 5.74) is 7.23. The summed E-state index contributed by atoms with van der Waals surface area (Å²) in [6, 6.07) is 9.15. The number of piperidine rings is 1. The monoisotopic (exact) mass is 459 g/mol. The van der Waals surface area contributed by atoms with Crippen LogP contribution in [0.15, 0.2) is 36.5 Å². The number of nitrogens with two attached hydrogens (primary N) is 1. The second-order valence-corrected chi connectivity index (χ2v) is 10.5. The highest BCUT2D eigenvalue weighted by atomic mass is 32.2. The van der Waals surface area contributed by atoms with Crippen LogP contribution in [0.3, 0.4) is 0 Å². The number of sulfonamides is 1. The topological polar surface area (TPSA) is 127 Å². The van der Waals surface area contributed by atoms with Crippen LogP contribution in [0.4, 0.5) is 17.2 Å². The van der Waals surface area contributed by atoms with Gasteiger partial charge in [0.25, 0.3) is 5.91 Å². The molecule has 1 aromatic carbocycles. The molecule has 2 aliphatic rings. The molecule has 1 amide bonds. The van der Waals surface area contributed by atoms with E-state index in [1.807, 2.05) is 24.3 Å². The van der Waals surface area contributed by atoms with Crippen LogP contribution >= 0.6 is 0 Å². The second kappa shape index (κ2) is 9.33. The third kappa shape index (κ3) is 5.13. The summed E-state index contributed by atoms with van der Waals surface area (Å²) in [6.07, 6.45) is 4.75. The summed E-state index contributed by atoms with van der Waals surface area (Å²) < 4.78 is 32.0. The third-order valence-corrected chi connectivity index (χ3v) is 8.27. The number of carbonyl (C=O) groups is 1. The maximum atomic E-state index is 12.6. The second-order valence-electron chi connectivity index (χ2n) is 8.32. The fourth-order valence-electron chi connectivity index (χ4n) is 3.94. The van der Waals surface area contributed by atoms with Crippen molar-refractivity contribution in [3.05, 3.63) is 42.1 Å². The van der Waals surface area contributed by atoms with E-state index in [9.17, 15) is 13.2 Å². The number of nitrogens with one attached hydrogen (secondary N) is 2. The number of rotatable bonds is 9. The Labute approximate surface area is 188 Å². The number of hydrogen-bond donors (Lipinski definition) is 3. The van der Waals surface area contributed by atoms with Crippen LogP contribution in [-0.4, -0.2) is 55.6 Å². The van der Waals surface area contributed by atoms with E-state index >= 15 is 0 Å². The predicted molar refractivity (Wildman–Crippen MR) is 124 cm³/mol. The number of hydrogen-bond acceptors (Lipinski definition) is 7. The molecule has 0 bridgehead atoms. The molecule has 1 aliphatic carbocycles. The van der Waals surface area contributed by atoms with Crippen molar-refractivity contribution in [3.8, 4) is 5.75 Å². The maximum Gasteiger partial charge on any atom is 0.252 e. The summed E-state index contributed by atoms with van der Waals surface area (Å²) in [6.45, 7) is 1.63. The van der Waals surface area contributed by atoms with Crippen molar-refractivity contribution in [2.75, 3.05) is 37.4 Å². The third-order valence-electron chi connectivity index (χ3n) is 5.90. The maximum absolute atomic E-state index is 12.6. The minimum absolute atomic E-state index is 0.157. The van der Waals surface area contributed by atoms with Gasteiger partial charge < -0.3 is 21.1 Å². The molecule has 0 radical (unpaired) electrons. The van der Waals surface area contributed by atoms with Gasteiger partial charge in [-0.2, -0.15) is 0 Å². The molecule has 1 saturated carbocycles. The number of ether oxygens (including phenoxy) is 1. The molecule has 1 unspecified atom stereocenters. The zero-order valence-electron chi connectivity index (χ0n) is 18.1. The van der Waals surface area contributed by atoms with E-state index in [1.54, 1.807) is 17.5 Å². The Hall–Kier alpha value is -2.85. The van der Waals surface area contributed by atoms with Crippen LogP contribution in [-0.2, 0) is 10.0 Å². The van der Waals surface area contributed by atoms with E-state index in [4.69, 9.17) is 10.5 Å². The normalized spacial score (nSPS) is 19.3. The lowest BCUT2D eigenvalue weighted by molar-refractivity contribution is 0.100. The Morgan fingerprint density at radius 1 is 1.25 bits per heavy atom. The molecule has 2 heterocycles. The molecule has 32 heavy (non-hydrogen) atoms. The van der Waals surface area contributed by atoms with Gasteiger partial charge in [-0.15, -0.1) is 0 Å². The smallest absolute Gasteiger partial charge is 0.252 e. The standard InChI is InChI=1S/C22H29N5O4S/c1-31-17-6-4-16(5-7-17)26-21-11-20(19(13-25-21)22(23)28)24-12-15-3-2-10-27(14-15)32(29,30)18-8-9-18/h4-7,11,13,15,18H,2-3,8-10,12,14H2,1H3,(H2,23,28)(H2,24,25,26). The lowest BCUT2D eigenvalue weighted by Gasteiger charge is -2.32. The zero-order chi connectivity index (χ0) is 22.7. The van der Waals surface area contributed by atoms with Crippen LogP contribution in [0.25, 0.3) is 0 Å². The first-order valence-corrected chi connectivity index (χ1v) is 12.3. The summed E-state index contributed by atoms with van der Waals surface area (Å²) >= 11 is 0. The molecule has 0 spiro atoms. The molecule has 2 aromatic rings. The number of methoxy groups -OCH3 is 1. The molecule has 1 saturated heterocycles. The van der Waals surface area contributed by atoms with Gasteiger partial charge in [0.15, 0.2) is 0 Å². The first-order valence-electron chi connectivity index (χ1n) is 10.8. The molecule has 172 valence electrons. The summed E-state index contributed by atoms with van der Waals surface area (Å²) in [4.78, 5) is 16.2. The van der Waals surface area contributed by atoms with Crippen molar-refractivity contribution in [1.82, 2.24) is 9.29 Å². The number of benzene rings is 1. The molecule has 1 atom stereocenters. The molecule has 10 heteroatoms. The number of nitrogens with zero attached hydrogens (tertiary/aromatic N) is 2. The Kier molecular flexibility index (Phi) is 6.52. The Bertz CT molecular complexity index is 1070. The zero-order valence-corrected chi connectivity index (χ0v) is 18.9. The average Bonchev–Trinajstić information content (AvgIpc) is 3.64. The SMILES string of the molecule is COc1ccc(Nc2cc(NCC3CCCN(S(=O)(=O)C4CC4)C3)c(C(N)=O)cn2)cc1. The highest BCUT2D eigenvalue weighted by Crippen LogP contribution is 2.33. The van der Waals surface area contributed by atoms with Crippen LogP contribution in [0, 0.1) is 5.92 Å². The largest absolute Gasteiger partial charge is 0.497 e. The molecular weight excluding hydrogens is 430 g/mol. The van der Waals surface area contributed by atoms with Gasteiger partial charge >= 0.3 is 0 Å². The quantitative estimate of drug-likeness (QED) is 0.526. The van der Waals surface area contributed by atoms with Gasteiger partial charge in [0.2, 0.25) is 10.0 Å². The van der Waals surface area contributed by atoms with Gasteiger partial charge in [-0.05, 0) is 55.9 Å². The van der Waals surface area contributed by atoms with Gasteiger partial charge in [0.1, 0.15) is 11.6 Å². The highest BCUT2D eigenvalue weighted by Gasteiger charge is 2.41. The number of aromatic nitrogens is 1. The molecular formula is C22H29N5O4S. The fraction of sp³-hybridized carbons (Fsp3) is 0.455. The van der Waals surface area contributed by atoms with Crippen molar-refractivity contribution < 1.29 is 17.9 Å². The average molecular weight is 460 g/mol. The number of carbonyl (C=O) groups excluding carboxylic acids is 1. The van der Waals surface area contributed by atoms with E-state index in [-0.39, 0.29) is 11.2 Å². The van der Waals surface area contributed by atoms with Gasteiger partial charge in [0, 0.05) is 37.6 Å². The molecule has 4 N–H and O–H groups in total. The molecule has 1 aliphatic heterocycles. The van der Waals surface area contributed by atoms with Crippen molar-refractivity contribution in [3.63, 3.8) is 0 Å². The van der Waals surface area contributed by atoms with Crippen LogP contribution in [0.2, 0.25) is 0 Å². The highest BCUT2D eigenvalue weighted by molar-refractivity contribution is 7.90. The van der Waals surface area contributed by atoms with Crippen molar-refractivity contribution >= 4 is 33.1 Å². The Balaban J connectivity index is 1.44. The number of primary amides is 1. The van der Waals surface area contributed by atoms with Crippen LogP contribution < -0.4 is 21.1 Å². The van der Waals surface area contributed by atoms with E-state index < -0.39 is 15.9 Å². The minimum Gasteiger partial charge on any atom is -0.497 e. The lowest BCUT2D eigenvalue weighted by atomic mass is 9.99. The van der Waals surface area contributed by atoms with Crippen LogP contribution in [0.5, 0.6) is 5.75 Å². The summed E-state index contributed by atoms with van der Waals surface area (Å²) in [7, 11) is -1.56. The number of pyridine rings is 1. The van der Waals surface area contributed by atoms with Gasteiger partial charge in [-0.3, -0.25) is 4.79 Å². The minimum atomic E-state index is -3.17. The molecule has 9 nitrogen and oxygen atoms in total. The van der Waals surface area contributed by atoms with Crippen molar-refractivity contribution in [1.29, 1.82) is 0 Å². The van der Waals surface area contributed by atoms with Gasteiger partial charge in [-0.1, -0.05) is 0 Å². The first-order chi connectivity index (χ1) is 15.4. The van der Waals surface area contributed by atoms with Crippen LogP contribution in [0.1, 0.15) is 36.0 Å². The first kappa shape index (κ1) is 22.3. The Morgan fingerprint density at radius 3 is 2.66 bits per heavy atom. The summed E-state index contributed by atoms with van der Waals surface area (Å²) in [5.74, 6) is 0.895. The van der Waals surface area contributed by atoms with E-state index in [0.29, 0.717) is 36.7 Å². The van der Waals surface area contributed by atoms with E-state index in [1.165, 1.54) is 6.20 Å². The van der Waals surface area contributed by atoms with Gasteiger partial charge in [-0.25, -0.2) is 17.7 Å². The number of anilines is 3. The fourth-order valence-corrected chi connectivity index (χ4v) is 5.90. The lowest BCUT2D eigenvalue weighted by Crippen LogP contribution is -2.43. The van der Waals surface area contributed by atoms with Gasteiger partial charge in [0.05, 0.1) is 23.6 Å².